The first kappa shape index (κ1) is 12.1. The van der Waals surface area contributed by atoms with E-state index in [1.54, 1.807) is 0 Å². The van der Waals surface area contributed by atoms with Crippen LogP contribution in [0.2, 0.25) is 0 Å². The molecule has 0 N–H and O–H groups in total. The Kier molecular flexibility index (Phi) is 3.16. The molecule has 1 fully saturated rings. The number of para-hydroxylation sites is 1. The second-order valence-corrected chi connectivity index (χ2v) is 4.84. The van der Waals surface area contributed by atoms with Crippen molar-refractivity contribution in [1.29, 1.82) is 0 Å². The van der Waals surface area contributed by atoms with Crippen molar-refractivity contribution in [3.8, 4) is 5.69 Å². The van der Waals surface area contributed by atoms with Gasteiger partial charge in [0.25, 0.3) is 0 Å². The van der Waals surface area contributed by atoms with Crippen LogP contribution >= 0.6 is 0 Å². The second kappa shape index (κ2) is 4.97. The fraction of sp³-hybridized carbons (Fsp3) is 0.462. The molecule has 6 heteroatoms. The summed E-state index contributed by atoms with van der Waals surface area (Å²) in [7, 11) is 0. The minimum absolute atomic E-state index is 0.0635. The van der Waals surface area contributed by atoms with Crippen LogP contribution in [0.25, 0.3) is 5.69 Å². The van der Waals surface area contributed by atoms with Crippen LogP contribution in [0.15, 0.2) is 35.1 Å². The van der Waals surface area contributed by atoms with Gasteiger partial charge in [0.15, 0.2) is 0 Å². The highest BCUT2D eigenvalue weighted by Gasteiger charge is 2.23. The number of hydrogen-bond acceptors (Lipinski definition) is 4. The summed E-state index contributed by atoms with van der Waals surface area (Å²) in [4.78, 5) is 12.2. The van der Waals surface area contributed by atoms with Crippen molar-refractivity contribution in [2.45, 2.75) is 38.5 Å². The van der Waals surface area contributed by atoms with Crippen molar-refractivity contribution in [3.63, 3.8) is 0 Å². The molecule has 2 aromatic rings. The molecule has 1 aromatic heterocycles. The lowest BCUT2D eigenvalue weighted by molar-refractivity contribution is 0.0427. The molecule has 3 rings (SSSR count). The summed E-state index contributed by atoms with van der Waals surface area (Å²) in [6, 6.07) is 9.28. The van der Waals surface area contributed by atoms with E-state index in [1.165, 1.54) is 9.36 Å². The van der Waals surface area contributed by atoms with Gasteiger partial charge in [0.2, 0.25) is 0 Å². The van der Waals surface area contributed by atoms with Crippen LogP contribution in [-0.2, 0) is 11.3 Å². The number of nitrogens with zero attached hydrogens (tertiary/aromatic N) is 4. The molecule has 1 aliphatic heterocycles. The number of aromatic nitrogens is 4. The molecule has 1 saturated heterocycles. The van der Waals surface area contributed by atoms with Gasteiger partial charge in [-0.1, -0.05) is 18.2 Å². The average molecular weight is 260 g/mol. The lowest BCUT2D eigenvalue weighted by Gasteiger charge is -2.09. The Labute approximate surface area is 110 Å². The maximum absolute atomic E-state index is 12.2. The summed E-state index contributed by atoms with van der Waals surface area (Å²) in [6.07, 6.45) is 2.33. The maximum atomic E-state index is 12.2. The predicted octanol–water partition coefficient (Wildman–Crippen LogP) is 0.996. The van der Waals surface area contributed by atoms with E-state index in [0.717, 1.165) is 18.5 Å². The Morgan fingerprint density at radius 1 is 1.26 bits per heavy atom. The molecule has 0 saturated carbocycles. The van der Waals surface area contributed by atoms with Crippen molar-refractivity contribution in [1.82, 2.24) is 19.8 Å². The van der Waals surface area contributed by atoms with Crippen molar-refractivity contribution in [2.24, 2.45) is 0 Å². The summed E-state index contributed by atoms with van der Waals surface area (Å²) < 4.78 is 8.37. The molecule has 2 atom stereocenters. The van der Waals surface area contributed by atoms with Gasteiger partial charge in [-0.05, 0) is 42.3 Å². The molecule has 19 heavy (non-hydrogen) atoms. The van der Waals surface area contributed by atoms with Gasteiger partial charge >= 0.3 is 5.69 Å². The summed E-state index contributed by atoms with van der Waals surface area (Å²) in [5, 5.41) is 7.83. The number of rotatable bonds is 3. The maximum Gasteiger partial charge on any atom is 0.368 e. The van der Waals surface area contributed by atoms with E-state index in [0.29, 0.717) is 6.54 Å². The Hall–Kier alpha value is -1.95. The molecule has 0 bridgehead atoms. The second-order valence-electron chi connectivity index (χ2n) is 4.84. The molecular weight excluding hydrogens is 244 g/mol. The lowest BCUT2D eigenvalue weighted by atomic mass is 10.2. The van der Waals surface area contributed by atoms with E-state index >= 15 is 0 Å². The average Bonchev–Trinajstić information content (AvgIpc) is 2.99. The predicted molar refractivity (Wildman–Crippen MR) is 69.2 cm³/mol. The van der Waals surface area contributed by atoms with E-state index in [4.69, 9.17) is 4.74 Å². The third-order valence-electron chi connectivity index (χ3n) is 3.34. The highest BCUT2D eigenvalue weighted by molar-refractivity contribution is 5.28. The van der Waals surface area contributed by atoms with Crippen LogP contribution in [0.5, 0.6) is 0 Å². The van der Waals surface area contributed by atoms with E-state index < -0.39 is 0 Å². The van der Waals surface area contributed by atoms with E-state index in [1.807, 2.05) is 37.3 Å². The minimum atomic E-state index is -0.227. The van der Waals surface area contributed by atoms with Crippen LogP contribution in [0.3, 0.4) is 0 Å². The van der Waals surface area contributed by atoms with Crippen molar-refractivity contribution in [2.75, 3.05) is 0 Å². The Morgan fingerprint density at radius 2 is 2.05 bits per heavy atom. The zero-order valence-corrected chi connectivity index (χ0v) is 10.8. The molecule has 0 amide bonds. The van der Waals surface area contributed by atoms with Crippen LogP contribution in [0.1, 0.15) is 19.8 Å². The topological polar surface area (TPSA) is 61.9 Å². The SMILES string of the molecule is C[C@@H]1CC[C@H](Cn2nnn(-c3ccccc3)c2=O)O1. The third kappa shape index (κ3) is 2.44. The fourth-order valence-electron chi connectivity index (χ4n) is 2.33. The molecular formula is C13H16N4O2. The largest absolute Gasteiger partial charge is 0.373 e. The standard InChI is InChI=1S/C13H16N4O2/c1-10-7-8-12(19-10)9-16-13(18)17(15-14-16)11-5-3-2-4-6-11/h2-6,10,12H,7-9H2,1H3/t10-,12-/m1/s1. The van der Waals surface area contributed by atoms with Gasteiger partial charge in [0.1, 0.15) is 0 Å². The molecule has 6 nitrogen and oxygen atoms in total. The first-order chi connectivity index (χ1) is 9.24. The van der Waals surface area contributed by atoms with Gasteiger partial charge in [-0.25, -0.2) is 4.79 Å². The van der Waals surface area contributed by atoms with Crippen LogP contribution < -0.4 is 5.69 Å². The van der Waals surface area contributed by atoms with Gasteiger partial charge < -0.3 is 4.74 Å². The fourth-order valence-corrected chi connectivity index (χ4v) is 2.33. The third-order valence-corrected chi connectivity index (χ3v) is 3.34. The highest BCUT2D eigenvalue weighted by atomic mass is 16.5. The van der Waals surface area contributed by atoms with Crippen molar-refractivity contribution in [3.05, 3.63) is 40.8 Å². The Bertz CT molecular complexity index is 605. The molecule has 2 heterocycles. The molecule has 0 spiro atoms. The molecule has 100 valence electrons. The Balaban J connectivity index is 1.82. The summed E-state index contributed by atoms with van der Waals surface area (Å²) in [5.41, 5.74) is 0.494. The molecule has 1 aromatic carbocycles. The zero-order valence-electron chi connectivity index (χ0n) is 10.8. The van der Waals surface area contributed by atoms with Gasteiger partial charge in [-0.3, -0.25) is 0 Å². The monoisotopic (exact) mass is 260 g/mol. The quantitative estimate of drug-likeness (QED) is 0.826. The summed E-state index contributed by atoms with van der Waals surface area (Å²) in [5.74, 6) is 0. The van der Waals surface area contributed by atoms with E-state index in [2.05, 4.69) is 10.4 Å². The number of hydrogen-bond donors (Lipinski definition) is 0. The van der Waals surface area contributed by atoms with Gasteiger partial charge in [0, 0.05) is 0 Å². The van der Waals surface area contributed by atoms with Crippen LogP contribution in [0, 0.1) is 0 Å². The van der Waals surface area contributed by atoms with Gasteiger partial charge in [-0.2, -0.15) is 9.36 Å². The lowest BCUT2D eigenvalue weighted by Crippen LogP contribution is -2.29. The normalized spacial score (nSPS) is 22.8. The Morgan fingerprint density at radius 3 is 2.74 bits per heavy atom. The van der Waals surface area contributed by atoms with E-state index in [-0.39, 0.29) is 17.9 Å². The van der Waals surface area contributed by atoms with Gasteiger partial charge in [0.05, 0.1) is 24.4 Å². The number of ether oxygens (including phenoxy) is 1. The summed E-state index contributed by atoms with van der Waals surface area (Å²) >= 11 is 0. The number of benzene rings is 1. The van der Waals surface area contributed by atoms with Crippen molar-refractivity contribution >= 4 is 0 Å². The minimum Gasteiger partial charge on any atom is -0.373 e. The zero-order chi connectivity index (χ0) is 13.2. The van der Waals surface area contributed by atoms with Crippen LogP contribution in [-0.4, -0.2) is 32.0 Å². The summed E-state index contributed by atoms with van der Waals surface area (Å²) in [6.45, 7) is 2.51. The molecule has 0 unspecified atom stereocenters. The smallest absolute Gasteiger partial charge is 0.368 e. The van der Waals surface area contributed by atoms with Crippen LogP contribution in [0.4, 0.5) is 0 Å². The molecule has 0 radical (unpaired) electrons. The molecule has 1 aliphatic rings. The number of tetrazole rings is 1. The first-order valence-electron chi connectivity index (χ1n) is 6.48. The van der Waals surface area contributed by atoms with Gasteiger partial charge in [-0.15, -0.1) is 0 Å². The van der Waals surface area contributed by atoms with Crippen molar-refractivity contribution < 1.29 is 4.74 Å². The van der Waals surface area contributed by atoms with E-state index in [9.17, 15) is 4.79 Å². The first-order valence-corrected chi connectivity index (χ1v) is 6.48. The molecule has 0 aliphatic carbocycles. The highest BCUT2D eigenvalue weighted by Crippen LogP contribution is 2.19.